The molecule has 2 rings (SSSR count). The molecule has 0 fully saturated rings. The van der Waals surface area contributed by atoms with Gasteiger partial charge < -0.3 is 0 Å². The fraction of sp³-hybridized carbons (Fsp3) is 0.0625. The molecule has 0 radical (unpaired) electrons. The zero-order chi connectivity index (χ0) is 11.9. The molecule has 0 spiro atoms. The van der Waals surface area contributed by atoms with Crippen molar-refractivity contribution in [3.05, 3.63) is 77.9 Å². The molecule has 0 bridgehead atoms. The summed E-state index contributed by atoms with van der Waals surface area (Å²) >= 11 is 0. The molecule has 2 aromatic rings. The largest absolute Gasteiger partial charge is 0.299 e. The van der Waals surface area contributed by atoms with E-state index in [4.69, 9.17) is 0 Å². The first kappa shape index (κ1) is 11.3. The quantitative estimate of drug-likeness (QED) is 0.571. The third-order valence-corrected chi connectivity index (χ3v) is 2.65. The van der Waals surface area contributed by atoms with Gasteiger partial charge in [-0.3, -0.25) is 4.79 Å². The van der Waals surface area contributed by atoms with E-state index in [-0.39, 0.29) is 0 Å². The number of hydrogen-bond acceptors (Lipinski definition) is 1. The summed E-state index contributed by atoms with van der Waals surface area (Å²) in [6, 6.07) is 20.2. The highest BCUT2D eigenvalue weighted by atomic mass is 16.1. The smallest absolute Gasteiger partial charge is 0.143 e. The molecule has 0 heterocycles. The molecule has 0 atom stereocenters. The summed E-state index contributed by atoms with van der Waals surface area (Å²) in [5.41, 5.74) is 3.36. The van der Waals surface area contributed by atoms with Gasteiger partial charge in [0.1, 0.15) is 6.29 Å². The van der Waals surface area contributed by atoms with E-state index in [1.54, 1.807) is 6.08 Å². The standard InChI is InChI=1S/C16H14O/c17-12-11-16(15-9-5-2-6-10-15)13-14-7-3-1-4-8-14/h1-12H,13H2/b16-11+. The van der Waals surface area contributed by atoms with Gasteiger partial charge in [-0.15, -0.1) is 0 Å². The number of rotatable bonds is 4. The Labute approximate surface area is 101 Å². The van der Waals surface area contributed by atoms with Gasteiger partial charge in [0.2, 0.25) is 0 Å². The summed E-state index contributed by atoms with van der Waals surface area (Å²) < 4.78 is 0. The zero-order valence-electron chi connectivity index (χ0n) is 9.54. The van der Waals surface area contributed by atoms with E-state index in [1.165, 1.54) is 5.56 Å². The third kappa shape index (κ3) is 3.15. The van der Waals surface area contributed by atoms with Crippen LogP contribution in [0.5, 0.6) is 0 Å². The Morgan fingerprint density at radius 2 is 1.47 bits per heavy atom. The van der Waals surface area contributed by atoms with E-state index >= 15 is 0 Å². The third-order valence-electron chi connectivity index (χ3n) is 2.65. The molecular formula is C16H14O. The number of carbonyl (C=O) groups excluding carboxylic acids is 1. The van der Waals surface area contributed by atoms with Gasteiger partial charge >= 0.3 is 0 Å². The van der Waals surface area contributed by atoms with Crippen LogP contribution in [0.4, 0.5) is 0 Å². The molecule has 0 unspecified atom stereocenters. The van der Waals surface area contributed by atoms with E-state index in [1.807, 2.05) is 48.5 Å². The lowest BCUT2D eigenvalue weighted by molar-refractivity contribution is -0.104. The lowest BCUT2D eigenvalue weighted by atomic mass is 9.98. The van der Waals surface area contributed by atoms with Crippen LogP contribution in [0.15, 0.2) is 66.7 Å². The van der Waals surface area contributed by atoms with E-state index in [9.17, 15) is 4.79 Å². The van der Waals surface area contributed by atoms with E-state index in [0.29, 0.717) is 0 Å². The van der Waals surface area contributed by atoms with Crippen LogP contribution in [0, 0.1) is 0 Å². The second-order valence-corrected chi connectivity index (χ2v) is 3.86. The average molecular weight is 222 g/mol. The highest BCUT2D eigenvalue weighted by molar-refractivity contribution is 5.82. The molecule has 0 N–H and O–H groups in total. The summed E-state index contributed by atoms with van der Waals surface area (Å²) in [4.78, 5) is 10.7. The minimum absolute atomic E-state index is 0.781. The maximum absolute atomic E-state index is 10.7. The van der Waals surface area contributed by atoms with Crippen LogP contribution in [0.25, 0.3) is 5.57 Å². The first-order chi connectivity index (χ1) is 8.40. The molecule has 0 aliphatic rings. The van der Waals surface area contributed by atoms with Gasteiger partial charge in [-0.1, -0.05) is 60.7 Å². The highest BCUT2D eigenvalue weighted by Gasteiger charge is 2.01. The Morgan fingerprint density at radius 1 is 0.882 bits per heavy atom. The van der Waals surface area contributed by atoms with E-state index in [2.05, 4.69) is 12.1 Å². The molecule has 0 saturated carbocycles. The predicted octanol–water partition coefficient (Wildman–Crippen LogP) is 3.51. The van der Waals surface area contributed by atoms with Crippen LogP contribution < -0.4 is 0 Å². The fourth-order valence-corrected chi connectivity index (χ4v) is 1.81. The van der Waals surface area contributed by atoms with Crippen LogP contribution >= 0.6 is 0 Å². The molecular weight excluding hydrogens is 208 g/mol. The van der Waals surface area contributed by atoms with Crippen molar-refractivity contribution in [2.75, 3.05) is 0 Å². The maximum atomic E-state index is 10.7. The SMILES string of the molecule is O=C/C=C(\Cc1ccccc1)c1ccccc1. The Morgan fingerprint density at radius 3 is 2.06 bits per heavy atom. The second-order valence-electron chi connectivity index (χ2n) is 3.86. The van der Waals surface area contributed by atoms with Crippen LogP contribution in [-0.4, -0.2) is 6.29 Å². The lowest BCUT2D eigenvalue weighted by Gasteiger charge is -2.06. The van der Waals surface area contributed by atoms with Crippen molar-refractivity contribution < 1.29 is 4.79 Å². The molecule has 0 aliphatic heterocycles. The second kappa shape index (κ2) is 5.80. The zero-order valence-corrected chi connectivity index (χ0v) is 9.54. The summed E-state index contributed by atoms with van der Waals surface area (Å²) in [6.45, 7) is 0. The van der Waals surface area contributed by atoms with Crippen molar-refractivity contribution >= 4 is 11.9 Å². The number of hydrogen-bond donors (Lipinski definition) is 0. The summed E-state index contributed by atoms with van der Waals surface area (Å²) in [5.74, 6) is 0. The van der Waals surface area contributed by atoms with Gasteiger partial charge in [-0.05, 0) is 29.2 Å². The monoisotopic (exact) mass is 222 g/mol. The maximum Gasteiger partial charge on any atom is 0.143 e. The molecule has 0 saturated heterocycles. The summed E-state index contributed by atoms with van der Waals surface area (Å²) in [6.07, 6.45) is 3.27. The first-order valence-corrected chi connectivity index (χ1v) is 5.64. The Balaban J connectivity index is 2.26. The van der Waals surface area contributed by atoms with Gasteiger partial charge in [0.05, 0.1) is 0 Å². The topological polar surface area (TPSA) is 17.1 Å². The van der Waals surface area contributed by atoms with Crippen molar-refractivity contribution in [2.45, 2.75) is 6.42 Å². The van der Waals surface area contributed by atoms with Gasteiger partial charge in [0.15, 0.2) is 0 Å². The molecule has 1 nitrogen and oxygen atoms in total. The number of benzene rings is 2. The molecule has 1 heteroatoms. The van der Waals surface area contributed by atoms with Gasteiger partial charge in [-0.25, -0.2) is 0 Å². The number of aldehydes is 1. The predicted molar refractivity (Wildman–Crippen MR) is 70.6 cm³/mol. The highest BCUT2D eigenvalue weighted by Crippen LogP contribution is 2.18. The van der Waals surface area contributed by atoms with Crippen LogP contribution in [0.3, 0.4) is 0 Å². The van der Waals surface area contributed by atoms with Crippen LogP contribution in [0.1, 0.15) is 11.1 Å². The molecule has 17 heavy (non-hydrogen) atoms. The summed E-state index contributed by atoms with van der Waals surface area (Å²) in [7, 11) is 0. The Kier molecular flexibility index (Phi) is 3.87. The molecule has 84 valence electrons. The molecule has 0 aromatic heterocycles. The first-order valence-electron chi connectivity index (χ1n) is 5.64. The number of allylic oxidation sites excluding steroid dienone is 2. The minimum atomic E-state index is 0.781. The normalized spacial score (nSPS) is 11.2. The van der Waals surface area contributed by atoms with Crippen molar-refractivity contribution in [2.24, 2.45) is 0 Å². The number of carbonyl (C=O) groups is 1. The van der Waals surface area contributed by atoms with Crippen LogP contribution in [-0.2, 0) is 11.2 Å². The lowest BCUT2D eigenvalue weighted by Crippen LogP contribution is -1.91. The van der Waals surface area contributed by atoms with Gasteiger partial charge in [-0.2, -0.15) is 0 Å². The van der Waals surface area contributed by atoms with Crippen molar-refractivity contribution in [3.8, 4) is 0 Å². The van der Waals surface area contributed by atoms with Crippen molar-refractivity contribution in [1.29, 1.82) is 0 Å². The van der Waals surface area contributed by atoms with Crippen molar-refractivity contribution in [1.82, 2.24) is 0 Å². The van der Waals surface area contributed by atoms with E-state index in [0.717, 1.165) is 23.8 Å². The van der Waals surface area contributed by atoms with E-state index < -0.39 is 0 Å². The summed E-state index contributed by atoms with van der Waals surface area (Å²) in [5, 5.41) is 0. The average Bonchev–Trinajstić information content (AvgIpc) is 2.40. The molecule has 2 aromatic carbocycles. The van der Waals surface area contributed by atoms with Gasteiger partial charge in [0, 0.05) is 0 Å². The fourth-order valence-electron chi connectivity index (χ4n) is 1.81. The Hall–Kier alpha value is -2.15. The van der Waals surface area contributed by atoms with Crippen LogP contribution in [0.2, 0.25) is 0 Å². The minimum Gasteiger partial charge on any atom is -0.299 e. The Bertz CT molecular complexity index is 498. The molecule has 0 aliphatic carbocycles. The molecule has 0 amide bonds. The van der Waals surface area contributed by atoms with Gasteiger partial charge in [0.25, 0.3) is 0 Å². The van der Waals surface area contributed by atoms with Crippen molar-refractivity contribution in [3.63, 3.8) is 0 Å².